The number of anilines is 3. The highest BCUT2D eigenvalue weighted by molar-refractivity contribution is 7.26. The van der Waals surface area contributed by atoms with Crippen LogP contribution >= 0.6 is 11.3 Å². The van der Waals surface area contributed by atoms with Gasteiger partial charge in [0.25, 0.3) is 0 Å². The molecule has 0 bridgehead atoms. The summed E-state index contributed by atoms with van der Waals surface area (Å²) < 4.78 is 9.26. The molecule has 64 heavy (non-hydrogen) atoms. The highest BCUT2D eigenvalue weighted by Crippen LogP contribution is 2.57. The number of allylic oxidation sites excluding steroid dienone is 2. The molecule has 0 amide bonds. The van der Waals surface area contributed by atoms with Gasteiger partial charge < -0.3 is 9.32 Å². The predicted octanol–water partition coefficient (Wildman–Crippen LogP) is 17.1. The van der Waals surface area contributed by atoms with Crippen LogP contribution in [-0.4, -0.2) is 0 Å². The van der Waals surface area contributed by atoms with Crippen LogP contribution in [0.15, 0.2) is 217 Å². The van der Waals surface area contributed by atoms with Crippen molar-refractivity contribution in [2.24, 2.45) is 5.92 Å². The van der Waals surface area contributed by atoms with Crippen LogP contribution in [0.4, 0.5) is 17.1 Å². The van der Waals surface area contributed by atoms with E-state index in [1.54, 1.807) is 0 Å². The van der Waals surface area contributed by atoms with Crippen molar-refractivity contribution in [1.82, 2.24) is 0 Å². The van der Waals surface area contributed by atoms with Crippen molar-refractivity contribution in [1.29, 1.82) is 0 Å². The van der Waals surface area contributed by atoms with Gasteiger partial charge in [-0.25, -0.2) is 0 Å². The van der Waals surface area contributed by atoms with E-state index in [0.29, 0.717) is 5.92 Å². The minimum Gasteiger partial charge on any atom is -0.455 e. The Balaban J connectivity index is 1.03. The van der Waals surface area contributed by atoms with E-state index < -0.39 is 5.41 Å². The fourth-order valence-electron chi connectivity index (χ4n) is 10.8. The molecule has 13 rings (SSSR count). The molecule has 0 N–H and O–H groups in total. The molecular formula is C61H41NOS. The van der Waals surface area contributed by atoms with Crippen LogP contribution < -0.4 is 4.90 Å². The van der Waals surface area contributed by atoms with Crippen LogP contribution in [-0.2, 0) is 5.41 Å². The second kappa shape index (κ2) is 14.4. The van der Waals surface area contributed by atoms with Crippen LogP contribution in [0.2, 0.25) is 0 Å². The maximum absolute atomic E-state index is 6.70. The van der Waals surface area contributed by atoms with Crippen molar-refractivity contribution < 1.29 is 4.42 Å². The number of nitrogens with zero attached hydrogens (tertiary/aromatic N) is 1. The van der Waals surface area contributed by atoms with Gasteiger partial charge >= 0.3 is 0 Å². The molecular weight excluding hydrogens is 795 g/mol. The molecule has 0 spiro atoms. The summed E-state index contributed by atoms with van der Waals surface area (Å²) in [5.41, 5.74) is 16.9. The summed E-state index contributed by atoms with van der Waals surface area (Å²) in [7, 11) is 0. The highest BCUT2D eigenvalue weighted by Gasteiger charge is 2.46. The zero-order valence-electron chi connectivity index (χ0n) is 35.2. The normalized spacial score (nSPS) is 14.8. The van der Waals surface area contributed by atoms with E-state index in [9.17, 15) is 0 Å². The van der Waals surface area contributed by atoms with Crippen LogP contribution in [0.25, 0.3) is 76.5 Å². The van der Waals surface area contributed by atoms with E-state index in [2.05, 4.69) is 236 Å². The number of hydrogen-bond donors (Lipinski definition) is 0. The maximum atomic E-state index is 6.70. The third-order valence-corrected chi connectivity index (χ3v) is 14.8. The average molecular weight is 836 g/mol. The van der Waals surface area contributed by atoms with Crippen molar-refractivity contribution in [3.63, 3.8) is 0 Å². The number of benzene rings is 9. The zero-order chi connectivity index (χ0) is 42.4. The zero-order valence-corrected chi connectivity index (χ0v) is 36.0. The first-order chi connectivity index (χ1) is 31.6. The molecule has 3 heteroatoms. The van der Waals surface area contributed by atoms with Crippen LogP contribution in [0, 0.1) is 5.92 Å². The molecule has 0 unspecified atom stereocenters. The van der Waals surface area contributed by atoms with Gasteiger partial charge in [-0.2, -0.15) is 0 Å². The van der Waals surface area contributed by atoms with Gasteiger partial charge in [0, 0.05) is 47.9 Å². The largest absolute Gasteiger partial charge is 0.455 e. The summed E-state index contributed by atoms with van der Waals surface area (Å²) in [6.07, 6.45) is 8.95. The third-order valence-electron chi connectivity index (χ3n) is 13.6. The molecule has 0 saturated carbocycles. The molecule has 2 nitrogen and oxygen atoms in total. The molecule has 2 aliphatic rings. The quantitative estimate of drug-likeness (QED) is 0.166. The second-order valence-corrected chi connectivity index (χ2v) is 18.3. The van der Waals surface area contributed by atoms with E-state index >= 15 is 0 Å². The Bertz CT molecular complexity index is 3640. The summed E-state index contributed by atoms with van der Waals surface area (Å²) in [6.45, 7) is 2.21. The summed E-state index contributed by atoms with van der Waals surface area (Å²) in [5.74, 6) is 0.370. The number of thiophene rings is 1. The lowest BCUT2D eigenvalue weighted by Gasteiger charge is -2.35. The molecule has 0 aliphatic heterocycles. The lowest BCUT2D eigenvalue weighted by Crippen LogP contribution is -2.28. The van der Waals surface area contributed by atoms with Crippen LogP contribution in [0.1, 0.15) is 40.3 Å². The molecule has 1 atom stereocenters. The predicted molar refractivity (Wildman–Crippen MR) is 271 cm³/mol. The Labute approximate surface area is 376 Å². The summed E-state index contributed by atoms with van der Waals surface area (Å²) in [4.78, 5) is 2.49. The van der Waals surface area contributed by atoms with E-state index in [1.807, 2.05) is 11.3 Å². The molecule has 0 fully saturated rings. The van der Waals surface area contributed by atoms with Gasteiger partial charge in [-0.05, 0) is 111 Å². The van der Waals surface area contributed by atoms with Gasteiger partial charge in [0.2, 0.25) is 0 Å². The van der Waals surface area contributed by atoms with Gasteiger partial charge in [-0.15, -0.1) is 11.3 Å². The van der Waals surface area contributed by atoms with Crippen LogP contribution in [0.3, 0.4) is 0 Å². The number of furan rings is 1. The highest BCUT2D eigenvalue weighted by atomic mass is 32.1. The van der Waals surface area contributed by atoms with Gasteiger partial charge in [0.1, 0.15) is 11.2 Å². The lowest BCUT2D eigenvalue weighted by atomic mass is 9.67. The fraction of sp³-hybridized carbons (Fsp3) is 0.0492. The Morgan fingerprint density at radius 1 is 0.500 bits per heavy atom. The maximum Gasteiger partial charge on any atom is 0.143 e. The molecule has 0 saturated heterocycles. The molecule has 2 aromatic heterocycles. The van der Waals surface area contributed by atoms with E-state index in [4.69, 9.17) is 4.42 Å². The average Bonchev–Trinajstić information content (AvgIpc) is 3.98. The monoisotopic (exact) mass is 835 g/mol. The molecule has 11 aromatic rings. The third kappa shape index (κ3) is 5.44. The minimum atomic E-state index is -0.518. The first-order valence-electron chi connectivity index (χ1n) is 22.2. The van der Waals surface area contributed by atoms with E-state index in [0.717, 1.165) is 55.7 Å². The number of hydrogen-bond acceptors (Lipinski definition) is 3. The van der Waals surface area contributed by atoms with Gasteiger partial charge in [0.15, 0.2) is 0 Å². The summed E-state index contributed by atoms with van der Waals surface area (Å²) >= 11 is 1.86. The van der Waals surface area contributed by atoms with E-state index in [1.165, 1.54) is 59.1 Å². The Morgan fingerprint density at radius 2 is 1.17 bits per heavy atom. The first-order valence-corrected chi connectivity index (χ1v) is 23.0. The SMILES string of the molecule is C[C@@H]1C=Cc2ccc3c(oc4cccc(-c5ccc(N(c6ccc7c(c6)C(c6ccccc6)(c6ccccc6)c6ccccc6-7)c6cccc7sc8ccccc8c67)cc5)c43)c2C=C1. The van der Waals surface area contributed by atoms with Gasteiger partial charge in [-0.3, -0.25) is 0 Å². The molecule has 9 aromatic carbocycles. The molecule has 2 aliphatic carbocycles. The van der Waals surface area contributed by atoms with Crippen molar-refractivity contribution >= 4 is 82.7 Å². The molecule has 2 heterocycles. The Hall–Kier alpha value is -7.72. The van der Waals surface area contributed by atoms with Gasteiger partial charge in [0.05, 0.1) is 11.1 Å². The van der Waals surface area contributed by atoms with Crippen LogP contribution in [0.5, 0.6) is 0 Å². The fourth-order valence-corrected chi connectivity index (χ4v) is 11.9. The number of rotatable bonds is 6. The second-order valence-electron chi connectivity index (χ2n) is 17.2. The van der Waals surface area contributed by atoms with Gasteiger partial charge in [-0.1, -0.05) is 177 Å². The Kier molecular flexibility index (Phi) is 8.31. The first kappa shape index (κ1) is 36.9. The summed E-state index contributed by atoms with van der Waals surface area (Å²) in [6, 6.07) is 74.0. The standard InChI is InChI=1S/C61H41NOS/c1-39-26-28-41-31-36-51-58-46(20-12-23-55(58)63-60(51)47(41)35-27-39)40-29-32-44(33-30-40)62(54-22-13-25-57-59(54)50-19-9-11-24-56(50)64-57)45-34-37-49-48-18-8-10-21-52(48)61(53(49)38-45,42-14-4-2-5-15-42)43-16-6-3-7-17-43/h2-39H,1H3/t39-/m1/s1. The van der Waals surface area contributed by atoms with Crippen molar-refractivity contribution in [3.05, 3.63) is 246 Å². The molecule has 302 valence electrons. The summed E-state index contributed by atoms with van der Waals surface area (Å²) in [5, 5.41) is 4.82. The molecule has 0 radical (unpaired) electrons. The minimum absolute atomic E-state index is 0.370. The number of fused-ring (bicyclic) bond motifs is 11. The van der Waals surface area contributed by atoms with Crippen molar-refractivity contribution in [3.8, 4) is 22.3 Å². The smallest absolute Gasteiger partial charge is 0.143 e. The van der Waals surface area contributed by atoms with Crippen molar-refractivity contribution in [2.75, 3.05) is 4.90 Å². The van der Waals surface area contributed by atoms with Crippen molar-refractivity contribution in [2.45, 2.75) is 12.3 Å². The Morgan fingerprint density at radius 3 is 2.00 bits per heavy atom. The topological polar surface area (TPSA) is 16.4 Å². The van der Waals surface area contributed by atoms with E-state index in [-0.39, 0.29) is 0 Å². The lowest BCUT2D eigenvalue weighted by molar-refractivity contribution is 0.668.